The fourth-order valence-electron chi connectivity index (χ4n) is 2.34. The lowest BCUT2D eigenvalue weighted by Crippen LogP contribution is -2.20. The summed E-state index contributed by atoms with van der Waals surface area (Å²) in [5.41, 5.74) is 2.86. The second-order valence-corrected chi connectivity index (χ2v) is 4.86. The number of hydrogen-bond donors (Lipinski definition) is 1. The van der Waals surface area contributed by atoms with Gasteiger partial charge in [0.15, 0.2) is 5.71 Å². The average molecular weight is 301 g/mol. The van der Waals surface area contributed by atoms with E-state index < -0.39 is 5.97 Å². The van der Waals surface area contributed by atoms with Gasteiger partial charge >= 0.3 is 5.97 Å². The van der Waals surface area contributed by atoms with Crippen LogP contribution in [0.2, 0.25) is 0 Å². The summed E-state index contributed by atoms with van der Waals surface area (Å²) in [5, 5.41) is 16.7. The largest absolute Gasteiger partial charge is 0.461 e. The van der Waals surface area contributed by atoms with Gasteiger partial charge in [0.05, 0.1) is 24.4 Å². The molecular formula is C16H19N3O3. The molecule has 0 aliphatic heterocycles. The van der Waals surface area contributed by atoms with Gasteiger partial charge in [0, 0.05) is 5.69 Å². The monoisotopic (exact) mass is 301 g/mol. The lowest BCUT2D eigenvalue weighted by molar-refractivity contribution is -0.135. The van der Waals surface area contributed by atoms with Gasteiger partial charge in [-0.05, 0) is 26.3 Å². The quantitative estimate of drug-likeness (QED) is 0.398. The Bertz CT molecular complexity index is 690. The summed E-state index contributed by atoms with van der Waals surface area (Å²) in [6.45, 7) is 6.10. The second-order valence-electron chi connectivity index (χ2n) is 4.86. The van der Waals surface area contributed by atoms with Crippen LogP contribution in [0.5, 0.6) is 0 Å². The molecular weight excluding hydrogens is 282 g/mol. The highest BCUT2D eigenvalue weighted by atomic mass is 16.5. The van der Waals surface area contributed by atoms with Crippen LogP contribution in [0.25, 0.3) is 0 Å². The number of oxime groups is 1. The van der Waals surface area contributed by atoms with Crippen molar-refractivity contribution in [2.75, 3.05) is 6.61 Å². The van der Waals surface area contributed by atoms with Crippen LogP contribution < -0.4 is 0 Å². The maximum absolute atomic E-state index is 11.9. The first-order valence-corrected chi connectivity index (χ1v) is 7.06. The van der Waals surface area contributed by atoms with Crippen molar-refractivity contribution in [1.29, 1.82) is 0 Å². The van der Waals surface area contributed by atoms with Gasteiger partial charge in [-0.15, -0.1) is 0 Å². The Balaban J connectivity index is 2.36. The van der Waals surface area contributed by atoms with Crippen molar-refractivity contribution in [3.8, 4) is 0 Å². The number of benzene rings is 1. The molecule has 22 heavy (non-hydrogen) atoms. The van der Waals surface area contributed by atoms with Crippen molar-refractivity contribution >= 4 is 11.7 Å². The predicted octanol–water partition coefficient (Wildman–Crippen LogP) is 2.29. The van der Waals surface area contributed by atoms with Crippen molar-refractivity contribution in [2.24, 2.45) is 5.16 Å². The molecule has 2 aromatic rings. The van der Waals surface area contributed by atoms with Crippen LogP contribution in [0.3, 0.4) is 0 Å². The van der Waals surface area contributed by atoms with Crippen LogP contribution in [-0.4, -0.2) is 33.3 Å². The van der Waals surface area contributed by atoms with E-state index in [-0.39, 0.29) is 12.3 Å². The van der Waals surface area contributed by atoms with E-state index in [2.05, 4.69) is 10.3 Å². The second kappa shape index (κ2) is 6.89. The molecule has 1 N–H and O–H groups in total. The molecule has 0 unspecified atom stereocenters. The molecule has 2 rings (SSSR count). The highest BCUT2D eigenvalue weighted by Gasteiger charge is 2.24. The van der Waals surface area contributed by atoms with Gasteiger partial charge in [0.25, 0.3) is 0 Å². The fraction of sp³-hybridized carbons (Fsp3) is 0.312. The van der Waals surface area contributed by atoms with E-state index in [1.807, 2.05) is 37.3 Å². The number of carbonyl (C=O) groups is 1. The standard InChI is InChI=1S/C16H19N3O3/c1-4-22-16(20)15(18-21)14-11(2)17-19(12(14)3)10-13-8-6-5-7-9-13/h5-9,21H,4,10H2,1-3H3. The Kier molecular flexibility index (Phi) is 4.93. The molecule has 1 aromatic carbocycles. The molecule has 1 aromatic heterocycles. The topological polar surface area (TPSA) is 76.7 Å². The summed E-state index contributed by atoms with van der Waals surface area (Å²) in [7, 11) is 0. The Hall–Kier alpha value is -2.63. The first kappa shape index (κ1) is 15.8. The van der Waals surface area contributed by atoms with E-state index in [0.29, 0.717) is 17.8 Å². The minimum atomic E-state index is -0.657. The zero-order chi connectivity index (χ0) is 16.1. The first-order valence-electron chi connectivity index (χ1n) is 7.06. The maximum Gasteiger partial charge on any atom is 0.361 e. The summed E-state index contributed by atoms with van der Waals surface area (Å²) < 4.78 is 6.70. The number of rotatable bonds is 5. The normalized spacial score (nSPS) is 11.5. The van der Waals surface area contributed by atoms with Crippen molar-refractivity contribution in [2.45, 2.75) is 27.3 Å². The lowest BCUT2D eigenvalue weighted by atomic mass is 10.1. The number of ether oxygens (including phenoxy) is 1. The molecule has 1 heterocycles. The number of esters is 1. The molecule has 0 spiro atoms. The van der Waals surface area contributed by atoms with E-state index in [1.165, 1.54) is 0 Å². The number of aromatic nitrogens is 2. The summed E-state index contributed by atoms with van der Waals surface area (Å²) in [6, 6.07) is 9.88. The summed E-state index contributed by atoms with van der Waals surface area (Å²) in [4.78, 5) is 11.9. The van der Waals surface area contributed by atoms with Crippen LogP contribution in [0, 0.1) is 13.8 Å². The highest BCUT2D eigenvalue weighted by Crippen LogP contribution is 2.17. The Labute approximate surface area is 129 Å². The van der Waals surface area contributed by atoms with Gasteiger partial charge in [0.1, 0.15) is 0 Å². The van der Waals surface area contributed by atoms with Crippen LogP contribution in [-0.2, 0) is 16.1 Å². The third-order valence-corrected chi connectivity index (χ3v) is 3.36. The van der Waals surface area contributed by atoms with Gasteiger partial charge in [-0.3, -0.25) is 4.68 Å². The SMILES string of the molecule is CCOC(=O)C(=NO)c1c(C)nn(Cc2ccccc2)c1C. The molecule has 0 saturated carbocycles. The van der Waals surface area contributed by atoms with Gasteiger partial charge in [-0.2, -0.15) is 5.10 Å². The fourth-order valence-corrected chi connectivity index (χ4v) is 2.34. The number of nitrogens with zero attached hydrogens (tertiary/aromatic N) is 3. The molecule has 0 amide bonds. The minimum Gasteiger partial charge on any atom is -0.461 e. The summed E-state index contributed by atoms with van der Waals surface area (Å²) in [6.07, 6.45) is 0. The molecule has 0 radical (unpaired) electrons. The summed E-state index contributed by atoms with van der Waals surface area (Å²) in [5.74, 6) is -0.657. The van der Waals surface area contributed by atoms with Gasteiger partial charge < -0.3 is 9.94 Å². The van der Waals surface area contributed by atoms with Gasteiger partial charge in [-0.1, -0.05) is 35.5 Å². The van der Waals surface area contributed by atoms with E-state index >= 15 is 0 Å². The molecule has 6 nitrogen and oxygen atoms in total. The zero-order valence-electron chi connectivity index (χ0n) is 12.9. The third-order valence-electron chi connectivity index (χ3n) is 3.36. The van der Waals surface area contributed by atoms with E-state index in [4.69, 9.17) is 4.74 Å². The average Bonchev–Trinajstić information content (AvgIpc) is 2.77. The minimum absolute atomic E-state index is 0.115. The van der Waals surface area contributed by atoms with Crippen molar-refractivity contribution in [3.63, 3.8) is 0 Å². The highest BCUT2D eigenvalue weighted by molar-refractivity contribution is 6.43. The molecule has 0 fully saturated rings. The number of hydrogen-bond acceptors (Lipinski definition) is 5. The predicted molar refractivity (Wildman–Crippen MR) is 82.2 cm³/mol. The third kappa shape index (κ3) is 3.16. The lowest BCUT2D eigenvalue weighted by Gasteiger charge is -2.06. The smallest absolute Gasteiger partial charge is 0.361 e. The van der Waals surface area contributed by atoms with E-state index in [0.717, 1.165) is 11.3 Å². The van der Waals surface area contributed by atoms with E-state index in [1.54, 1.807) is 18.5 Å². The van der Waals surface area contributed by atoms with E-state index in [9.17, 15) is 10.0 Å². The van der Waals surface area contributed by atoms with Crippen LogP contribution >= 0.6 is 0 Å². The zero-order valence-corrected chi connectivity index (χ0v) is 12.9. The van der Waals surface area contributed by atoms with Gasteiger partial charge in [0.2, 0.25) is 0 Å². The van der Waals surface area contributed by atoms with Crippen molar-refractivity contribution in [3.05, 3.63) is 52.8 Å². The van der Waals surface area contributed by atoms with Gasteiger partial charge in [-0.25, -0.2) is 4.79 Å². The first-order chi connectivity index (χ1) is 10.6. The van der Waals surface area contributed by atoms with Crippen molar-refractivity contribution in [1.82, 2.24) is 9.78 Å². The Morgan fingerprint density at radius 3 is 2.59 bits per heavy atom. The van der Waals surface area contributed by atoms with Crippen LogP contribution in [0.1, 0.15) is 29.4 Å². The number of aryl methyl sites for hydroxylation is 1. The summed E-state index contributed by atoms with van der Waals surface area (Å²) >= 11 is 0. The molecule has 0 bridgehead atoms. The molecule has 0 saturated heterocycles. The number of carbonyl (C=O) groups excluding carboxylic acids is 1. The van der Waals surface area contributed by atoms with Crippen LogP contribution in [0.4, 0.5) is 0 Å². The molecule has 0 aliphatic carbocycles. The molecule has 0 atom stereocenters. The maximum atomic E-state index is 11.9. The molecule has 0 aliphatic rings. The Morgan fingerprint density at radius 1 is 1.32 bits per heavy atom. The van der Waals surface area contributed by atoms with Crippen LogP contribution in [0.15, 0.2) is 35.5 Å². The van der Waals surface area contributed by atoms with Crippen molar-refractivity contribution < 1.29 is 14.7 Å². The molecule has 6 heteroatoms. The molecule has 116 valence electrons. The Morgan fingerprint density at radius 2 is 2.00 bits per heavy atom.